The van der Waals surface area contributed by atoms with E-state index in [-0.39, 0.29) is 0 Å². The van der Waals surface area contributed by atoms with Gasteiger partial charge >= 0.3 is 0 Å². The number of fused-ring (bicyclic) bond motifs is 6. The Morgan fingerprint density at radius 3 is 1.62 bits per heavy atom. The van der Waals surface area contributed by atoms with Gasteiger partial charge in [-0.1, -0.05) is 133 Å². The van der Waals surface area contributed by atoms with Crippen molar-refractivity contribution >= 4 is 43.7 Å². The fraction of sp³-hybridized carbons (Fsp3) is 0. The van der Waals surface area contributed by atoms with Crippen LogP contribution in [0.5, 0.6) is 0 Å². The highest BCUT2D eigenvalue weighted by molar-refractivity contribution is 6.09. The van der Waals surface area contributed by atoms with Crippen LogP contribution in [-0.4, -0.2) is 19.5 Å². The van der Waals surface area contributed by atoms with Gasteiger partial charge in [0.1, 0.15) is 11.2 Å². The molecule has 0 fully saturated rings. The van der Waals surface area contributed by atoms with Crippen molar-refractivity contribution in [3.8, 4) is 51.0 Å². The molecule has 0 saturated heterocycles. The summed E-state index contributed by atoms with van der Waals surface area (Å²) in [4.78, 5) is 15.4. The van der Waals surface area contributed by atoms with Crippen LogP contribution >= 0.6 is 0 Å². The van der Waals surface area contributed by atoms with E-state index in [1.54, 1.807) is 0 Å². The molecule has 0 aliphatic rings. The first-order valence-electron chi connectivity index (χ1n) is 16.7. The molecule has 0 unspecified atom stereocenters. The summed E-state index contributed by atoms with van der Waals surface area (Å²) in [6.07, 6.45) is 0. The molecule has 0 radical (unpaired) electrons. The minimum atomic E-state index is 0.576. The maximum atomic E-state index is 6.18. The number of benzene rings is 7. The van der Waals surface area contributed by atoms with E-state index in [0.717, 1.165) is 77.1 Å². The van der Waals surface area contributed by atoms with Gasteiger partial charge in [-0.05, 0) is 58.7 Å². The number of hydrogen-bond donors (Lipinski definition) is 0. The van der Waals surface area contributed by atoms with Crippen LogP contribution in [0, 0.1) is 0 Å². The molecule has 10 rings (SSSR count). The standard InChI is InChI=1S/C45H28N4O/c1-2-11-29(12-3-1)32-13-10-14-34(27-32)44-46-43(47-45(48-44)49-39-18-7-4-15-35(39)36-16-5-8-19-40(36)49)31-23-21-30(22-24-31)33-25-26-38-37-17-6-9-20-41(37)50-42(38)28-33/h1-28H. The van der Waals surface area contributed by atoms with Crippen molar-refractivity contribution in [1.29, 1.82) is 0 Å². The molecule has 5 nitrogen and oxygen atoms in total. The summed E-state index contributed by atoms with van der Waals surface area (Å²) in [7, 11) is 0. The molecule has 0 atom stereocenters. The maximum Gasteiger partial charge on any atom is 0.238 e. The molecule has 10 aromatic rings. The van der Waals surface area contributed by atoms with Gasteiger partial charge in [0, 0.05) is 32.7 Å². The Kier molecular flexibility index (Phi) is 6.42. The van der Waals surface area contributed by atoms with Gasteiger partial charge in [0.25, 0.3) is 0 Å². The molecule has 3 heterocycles. The molecule has 0 spiro atoms. The van der Waals surface area contributed by atoms with Crippen LogP contribution in [-0.2, 0) is 0 Å². The SMILES string of the molecule is c1ccc(-c2cccc(-c3nc(-c4ccc(-c5ccc6c(c5)oc5ccccc56)cc4)nc(-n4c5ccccc5c5ccccc54)n3)c2)cc1. The minimum absolute atomic E-state index is 0.576. The van der Waals surface area contributed by atoms with Gasteiger partial charge in [-0.2, -0.15) is 9.97 Å². The first kappa shape index (κ1) is 28.2. The molecular weight excluding hydrogens is 613 g/mol. The fourth-order valence-corrected chi connectivity index (χ4v) is 7.05. The highest BCUT2D eigenvalue weighted by Gasteiger charge is 2.18. The largest absolute Gasteiger partial charge is 0.456 e. The Hall–Kier alpha value is -6.85. The lowest BCUT2D eigenvalue weighted by molar-refractivity contribution is 0.669. The molecule has 0 N–H and O–H groups in total. The Morgan fingerprint density at radius 2 is 0.860 bits per heavy atom. The Labute approximate surface area is 287 Å². The molecule has 5 heteroatoms. The lowest BCUT2D eigenvalue weighted by Crippen LogP contribution is -2.06. The Balaban J connectivity index is 1.12. The summed E-state index contributed by atoms with van der Waals surface area (Å²) < 4.78 is 8.33. The van der Waals surface area contributed by atoms with Gasteiger partial charge < -0.3 is 4.42 Å². The van der Waals surface area contributed by atoms with Crippen LogP contribution in [0.4, 0.5) is 0 Å². The average molecular weight is 641 g/mol. The molecule has 234 valence electrons. The minimum Gasteiger partial charge on any atom is -0.456 e. The van der Waals surface area contributed by atoms with Crippen molar-refractivity contribution < 1.29 is 4.42 Å². The third kappa shape index (κ3) is 4.67. The van der Waals surface area contributed by atoms with Gasteiger partial charge in [-0.15, -0.1) is 0 Å². The molecule has 0 amide bonds. The topological polar surface area (TPSA) is 56.7 Å². The predicted octanol–water partition coefficient (Wildman–Crippen LogP) is 11.5. The van der Waals surface area contributed by atoms with E-state index in [2.05, 4.69) is 150 Å². The third-order valence-electron chi connectivity index (χ3n) is 9.49. The summed E-state index contributed by atoms with van der Waals surface area (Å²) in [6.45, 7) is 0. The van der Waals surface area contributed by atoms with E-state index in [1.807, 2.05) is 24.3 Å². The van der Waals surface area contributed by atoms with E-state index in [1.165, 1.54) is 0 Å². The number of furan rings is 1. The van der Waals surface area contributed by atoms with E-state index >= 15 is 0 Å². The predicted molar refractivity (Wildman–Crippen MR) is 203 cm³/mol. The van der Waals surface area contributed by atoms with Crippen molar-refractivity contribution in [3.05, 3.63) is 170 Å². The Bertz CT molecular complexity index is 2810. The normalized spacial score (nSPS) is 11.6. The highest BCUT2D eigenvalue weighted by atomic mass is 16.3. The van der Waals surface area contributed by atoms with Crippen molar-refractivity contribution in [2.24, 2.45) is 0 Å². The zero-order chi connectivity index (χ0) is 33.0. The molecule has 0 aliphatic heterocycles. The van der Waals surface area contributed by atoms with Crippen LogP contribution in [0.2, 0.25) is 0 Å². The van der Waals surface area contributed by atoms with E-state index in [0.29, 0.717) is 17.6 Å². The number of hydrogen-bond acceptors (Lipinski definition) is 4. The second kappa shape index (κ2) is 11.4. The van der Waals surface area contributed by atoms with Gasteiger partial charge in [-0.25, -0.2) is 4.98 Å². The zero-order valence-corrected chi connectivity index (χ0v) is 26.9. The number of aromatic nitrogens is 4. The maximum absolute atomic E-state index is 6.18. The number of nitrogens with zero attached hydrogens (tertiary/aromatic N) is 4. The molecule has 0 saturated carbocycles. The van der Waals surface area contributed by atoms with Crippen molar-refractivity contribution in [2.75, 3.05) is 0 Å². The third-order valence-corrected chi connectivity index (χ3v) is 9.49. The monoisotopic (exact) mass is 640 g/mol. The molecule has 3 aromatic heterocycles. The molecule has 7 aromatic carbocycles. The van der Waals surface area contributed by atoms with Gasteiger partial charge in [0.15, 0.2) is 11.6 Å². The van der Waals surface area contributed by atoms with Crippen LogP contribution in [0.25, 0.3) is 94.7 Å². The van der Waals surface area contributed by atoms with Crippen molar-refractivity contribution in [2.45, 2.75) is 0 Å². The van der Waals surface area contributed by atoms with Gasteiger partial charge in [0.05, 0.1) is 11.0 Å². The zero-order valence-electron chi connectivity index (χ0n) is 26.9. The van der Waals surface area contributed by atoms with Crippen LogP contribution in [0.15, 0.2) is 174 Å². The van der Waals surface area contributed by atoms with E-state index in [4.69, 9.17) is 19.4 Å². The van der Waals surface area contributed by atoms with E-state index in [9.17, 15) is 0 Å². The average Bonchev–Trinajstić information content (AvgIpc) is 3.74. The second-order valence-electron chi connectivity index (χ2n) is 12.5. The molecule has 0 aliphatic carbocycles. The van der Waals surface area contributed by atoms with Gasteiger partial charge in [-0.3, -0.25) is 4.57 Å². The first-order chi connectivity index (χ1) is 24.8. The van der Waals surface area contributed by atoms with Crippen molar-refractivity contribution in [3.63, 3.8) is 0 Å². The summed E-state index contributed by atoms with van der Waals surface area (Å²) in [6, 6.07) is 58.6. The Morgan fingerprint density at radius 1 is 0.340 bits per heavy atom. The fourth-order valence-electron chi connectivity index (χ4n) is 7.05. The molecular formula is C45H28N4O. The highest BCUT2D eigenvalue weighted by Crippen LogP contribution is 2.35. The smallest absolute Gasteiger partial charge is 0.238 e. The first-order valence-corrected chi connectivity index (χ1v) is 16.7. The van der Waals surface area contributed by atoms with E-state index < -0.39 is 0 Å². The summed E-state index contributed by atoms with van der Waals surface area (Å²) in [5.74, 6) is 1.80. The quantitative estimate of drug-likeness (QED) is 0.188. The molecule has 50 heavy (non-hydrogen) atoms. The van der Waals surface area contributed by atoms with Gasteiger partial charge in [0.2, 0.25) is 5.95 Å². The lowest BCUT2D eigenvalue weighted by atomic mass is 10.0. The summed E-state index contributed by atoms with van der Waals surface area (Å²) >= 11 is 0. The number of rotatable bonds is 5. The number of para-hydroxylation sites is 3. The van der Waals surface area contributed by atoms with Crippen LogP contribution in [0.3, 0.4) is 0 Å². The van der Waals surface area contributed by atoms with Crippen LogP contribution < -0.4 is 0 Å². The lowest BCUT2D eigenvalue weighted by Gasteiger charge is -2.12. The second-order valence-corrected chi connectivity index (χ2v) is 12.5. The summed E-state index contributed by atoms with van der Waals surface area (Å²) in [5.41, 5.74) is 10.1. The molecule has 0 bridgehead atoms. The van der Waals surface area contributed by atoms with Crippen LogP contribution in [0.1, 0.15) is 0 Å². The summed E-state index contributed by atoms with van der Waals surface area (Å²) in [5, 5.41) is 4.56. The van der Waals surface area contributed by atoms with Crippen molar-refractivity contribution in [1.82, 2.24) is 19.5 Å².